The van der Waals surface area contributed by atoms with Crippen molar-refractivity contribution in [2.24, 2.45) is 0 Å². The zero-order valence-corrected chi connectivity index (χ0v) is 14.2. The molecule has 1 saturated carbocycles. The molecule has 0 unspecified atom stereocenters. The summed E-state index contributed by atoms with van der Waals surface area (Å²) in [5, 5.41) is 4.86. The Kier molecular flexibility index (Phi) is 5.85. The number of hydrogen-bond acceptors (Lipinski definition) is 4. The van der Waals surface area contributed by atoms with Gasteiger partial charge in [0.25, 0.3) is 0 Å². The number of rotatable bonds is 9. The van der Waals surface area contributed by atoms with E-state index in [0.717, 1.165) is 25.7 Å². The van der Waals surface area contributed by atoms with Crippen molar-refractivity contribution in [3.63, 3.8) is 0 Å². The van der Waals surface area contributed by atoms with E-state index in [0.29, 0.717) is 5.92 Å². The summed E-state index contributed by atoms with van der Waals surface area (Å²) >= 11 is 1.90. The van der Waals surface area contributed by atoms with Gasteiger partial charge in [-0.3, -0.25) is 0 Å². The highest BCUT2D eigenvalue weighted by molar-refractivity contribution is 7.15. The molecule has 1 aromatic heterocycles. The van der Waals surface area contributed by atoms with E-state index in [-0.39, 0.29) is 0 Å². The molecule has 0 aliphatic heterocycles. The Balaban J connectivity index is 2.12. The molecule has 0 radical (unpaired) electrons. The van der Waals surface area contributed by atoms with Crippen molar-refractivity contribution in [3.05, 3.63) is 10.6 Å². The van der Waals surface area contributed by atoms with Crippen LogP contribution in [0.4, 0.5) is 5.13 Å². The standard InChI is InChI=1S/C16H29N3S/c1-5-9-19(10-6-2)16-18-15(12(3)4)14(20-16)11-17-13-7-8-13/h12-13,17H,5-11H2,1-4H3. The molecule has 1 aliphatic carbocycles. The lowest BCUT2D eigenvalue weighted by Gasteiger charge is -2.20. The van der Waals surface area contributed by atoms with E-state index in [1.54, 1.807) is 0 Å². The van der Waals surface area contributed by atoms with Crippen LogP contribution in [0.1, 0.15) is 69.9 Å². The smallest absolute Gasteiger partial charge is 0.185 e. The van der Waals surface area contributed by atoms with Crippen LogP contribution in [0.25, 0.3) is 0 Å². The topological polar surface area (TPSA) is 28.2 Å². The van der Waals surface area contributed by atoms with Crippen LogP contribution >= 0.6 is 11.3 Å². The lowest BCUT2D eigenvalue weighted by atomic mass is 10.1. The average molecular weight is 295 g/mol. The molecule has 1 heterocycles. The first kappa shape index (κ1) is 15.8. The molecule has 0 atom stereocenters. The van der Waals surface area contributed by atoms with E-state index in [2.05, 4.69) is 37.9 Å². The van der Waals surface area contributed by atoms with Gasteiger partial charge in [0.05, 0.1) is 5.69 Å². The van der Waals surface area contributed by atoms with E-state index in [1.807, 2.05) is 11.3 Å². The second-order valence-corrected chi connectivity index (χ2v) is 7.16. The molecule has 1 aliphatic rings. The third-order valence-electron chi connectivity index (χ3n) is 3.65. The fourth-order valence-electron chi connectivity index (χ4n) is 2.43. The molecule has 0 bridgehead atoms. The summed E-state index contributed by atoms with van der Waals surface area (Å²) < 4.78 is 0. The molecule has 3 nitrogen and oxygen atoms in total. The van der Waals surface area contributed by atoms with Crippen molar-refractivity contribution in [1.29, 1.82) is 0 Å². The Morgan fingerprint density at radius 2 is 1.90 bits per heavy atom. The quantitative estimate of drug-likeness (QED) is 0.742. The summed E-state index contributed by atoms with van der Waals surface area (Å²) in [7, 11) is 0. The summed E-state index contributed by atoms with van der Waals surface area (Å²) in [6.07, 6.45) is 5.07. The van der Waals surface area contributed by atoms with Gasteiger partial charge in [0.2, 0.25) is 0 Å². The van der Waals surface area contributed by atoms with E-state index in [9.17, 15) is 0 Å². The van der Waals surface area contributed by atoms with Gasteiger partial charge in [-0.2, -0.15) is 0 Å². The fraction of sp³-hybridized carbons (Fsp3) is 0.812. The molecule has 114 valence electrons. The van der Waals surface area contributed by atoms with Crippen LogP contribution in [0.5, 0.6) is 0 Å². The van der Waals surface area contributed by atoms with Gasteiger partial charge in [0, 0.05) is 30.6 Å². The Labute approximate surface area is 127 Å². The minimum Gasteiger partial charge on any atom is -0.348 e. The van der Waals surface area contributed by atoms with Crippen LogP contribution in [0.15, 0.2) is 0 Å². The SMILES string of the molecule is CCCN(CCC)c1nc(C(C)C)c(CNC2CC2)s1. The number of hydrogen-bond donors (Lipinski definition) is 1. The highest BCUT2D eigenvalue weighted by Crippen LogP contribution is 2.32. The Morgan fingerprint density at radius 3 is 2.40 bits per heavy atom. The number of thiazole rings is 1. The zero-order valence-electron chi connectivity index (χ0n) is 13.4. The van der Waals surface area contributed by atoms with Gasteiger partial charge < -0.3 is 10.2 Å². The first-order valence-electron chi connectivity index (χ1n) is 8.13. The maximum atomic E-state index is 4.95. The monoisotopic (exact) mass is 295 g/mol. The Bertz CT molecular complexity index is 404. The number of aromatic nitrogens is 1. The third-order valence-corrected chi connectivity index (χ3v) is 4.78. The van der Waals surface area contributed by atoms with Gasteiger partial charge >= 0.3 is 0 Å². The van der Waals surface area contributed by atoms with Crippen molar-refractivity contribution in [2.75, 3.05) is 18.0 Å². The van der Waals surface area contributed by atoms with Gasteiger partial charge in [-0.15, -0.1) is 11.3 Å². The first-order chi connectivity index (χ1) is 9.65. The molecule has 1 N–H and O–H groups in total. The van der Waals surface area contributed by atoms with Crippen molar-refractivity contribution >= 4 is 16.5 Å². The third kappa shape index (κ3) is 4.19. The molecule has 0 saturated heterocycles. The summed E-state index contributed by atoms with van der Waals surface area (Å²) in [4.78, 5) is 8.85. The molecular weight excluding hydrogens is 266 g/mol. The highest BCUT2D eigenvalue weighted by atomic mass is 32.1. The molecule has 4 heteroatoms. The minimum atomic E-state index is 0.515. The van der Waals surface area contributed by atoms with Gasteiger partial charge in [-0.25, -0.2) is 4.98 Å². The van der Waals surface area contributed by atoms with E-state index < -0.39 is 0 Å². The first-order valence-corrected chi connectivity index (χ1v) is 8.95. The molecule has 1 fully saturated rings. The molecule has 0 amide bonds. The Hall–Kier alpha value is -0.610. The zero-order chi connectivity index (χ0) is 14.5. The van der Waals surface area contributed by atoms with Crippen LogP contribution < -0.4 is 10.2 Å². The van der Waals surface area contributed by atoms with Crippen molar-refractivity contribution in [1.82, 2.24) is 10.3 Å². The average Bonchev–Trinajstić information content (AvgIpc) is 3.14. The van der Waals surface area contributed by atoms with Gasteiger partial charge in [0.1, 0.15) is 0 Å². The lowest BCUT2D eigenvalue weighted by Crippen LogP contribution is -2.24. The number of anilines is 1. The fourth-order valence-corrected chi connectivity index (χ4v) is 3.65. The van der Waals surface area contributed by atoms with Crippen LogP contribution in [0, 0.1) is 0 Å². The normalized spacial score (nSPS) is 15.1. The second-order valence-electron chi connectivity index (χ2n) is 6.10. The van der Waals surface area contributed by atoms with Gasteiger partial charge in [-0.05, 0) is 31.6 Å². The van der Waals surface area contributed by atoms with Crippen LogP contribution in [0.3, 0.4) is 0 Å². The summed E-state index contributed by atoms with van der Waals surface area (Å²) in [5.41, 5.74) is 1.30. The number of nitrogens with one attached hydrogen (secondary N) is 1. The molecule has 0 spiro atoms. The van der Waals surface area contributed by atoms with Crippen molar-refractivity contribution < 1.29 is 0 Å². The van der Waals surface area contributed by atoms with Gasteiger partial charge in [-0.1, -0.05) is 27.7 Å². The van der Waals surface area contributed by atoms with E-state index in [4.69, 9.17) is 4.98 Å². The Morgan fingerprint density at radius 1 is 1.25 bits per heavy atom. The van der Waals surface area contributed by atoms with Gasteiger partial charge in [0.15, 0.2) is 5.13 Å². The maximum Gasteiger partial charge on any atom is 0.185 e. The maximum absolute atomic E-state index is 4.95. The van der Waals surface area contributed by atoms with Crippen molar-refractivity contribution in [2.45, 2.75) is 71.9 Å². The van der Waals surface area contributed by atoms with Crippen LogP contribution in [0.2, 0.25) is 0 Å². The summed E-state index contributed by atoms with van der Waals surface area (Å²) in [6.45, 7) is 12.2. The van der Waals surface area contributed by atoms with E-state index in [1.165, 1.54) is 41.4 Å². The molecule has 20 heavy (non-hydrogen) atoms. The summed E-state index contributed by atoms with van der Waals surface area (Å²) in [6, 6.07) is 0.767. The van der Waals surface area contributed by atoms with E-state index >= 15 is 0 Å². The predicted octanol–water partition coefficient (Wildman–Crippen LogP) is 4.14. The lowest BCUT2D eigenvalue weighted by molar-refractivity contribution is 0.680. The predicted molar refractivity (Wildman–Crippen MR) is 88.9 cm³/mol. The molecule has 1 aromatic rings. The minimum absolute atomic E-state index is 0.515. The molecular formula is C16H29N3S. The highest BCUT2D eigenvalue weighted by Gasteiger charge is 2.23. The van der Waals surface area contributed by atoms with Crippen molar-refractivity contribution in [3.8, 4) is 0 Å². The largest absolute Gasteiger partial charge is 0.348 e. The van der Waals surface area contributed by atoms with Crippen LogP contribution in [-0.4, -0.2) is 24.1 Å². The second kappa shape index (κ2) is 7.41. The molecule has 0 aromatic carbocycles. The van der Waals surface area contributed by atoms with Crippen LogP contribution in [-0.2, 0) is 6.54 Å². The molecule has 2 rings (SSSR count). The summed E-state index contributed by atoms with van der Waals surface area (Å²) in [5.74, 6) is 0.515. The number of nitrogens with zero attached hydrogens (tertiary/aromatic N) is 2.